The molecular formula is C41H47Cl2N5O5. The van der Waals surface area contributed by atoms with Crippen LogP contribution < -0.4 is 14.8 Å². The van der Waals surface area contributed by atoms with Crippen LogP contribution in [0.15, 0.2) is 60.8 Å². The van der Waals surface area contributed by atoms with Crippen molar-refractivity contribution < 1.29 is 23.8 Å². The molecule has 1 N–H and O–H groups in total. The quantitative estimate of drug-likeness (QED) is 0.146. The number of piperidine rings is 1. The molecule has 2 aromatic heterocycles. The van der Waals surface area contributed by atoms with Crippen molar-refractivity contribution in [1.82, 2.24) is 25.1 Å². The summed E-state index contributed by atoms with van der Waals surface area (Å²) in [5.41, 5.74) is 6.30. The molecule has 1 amide bonds. The van der Waals surface area contributed by atoms with E-state index in [9.17, 15) is 9.59 Å². The number of esters is 1. The lowest BCUT2D eigenvalue weighted by Crippen LogP contribution is -2.44. The van der Waals surface area contributed by atoms with Crippen LogP contribution in [0.25, 0.3) is 33.6 Å². The van der Waals surface area contributed by atoms with Gasteiger partial charge in [0.15, 0.2) is 0 Å². The summed E-state index contributed by atoms with van der Waals surface area (Å²) in [6.45, 7) is 9.61. The van der Waals surface area contributed by atoms with Crippen molar-refractivity contribution in [2.45, 2.75) is 65.3 Å². The van der Waals surface area contributed by atoms with E-state index in [1.165, 1.54) is 0 Å². The Balaban J connectivity index is 1.19. The largest absolute Gasteiger partial charge is 0.496 e. The number of aromatic nitrogens is 2. The molecule has 10 nitrogen and oxygen atoms in total. The number of pyridine rings is 2. The number of benzene rings is 2. The smallest absolute Gasteiger partial charge is 0.310 e. The standard InChI is InChI=1S/C41H47Cl2N5O5/c1-25(2)53-41(50)30-14-18-47(24-30)23-29-10-9-27(21-36(29)51-4)39-38(43)33(13-17-44-39)32-7-6-8-34(37(32)42)35-12-11-28(40(46-35)52-5)22-45-31-15-19-48(20-16-31)26(3)49/h6-13,17,21,25,30-31,45H,14-16,18-20,22-24H2,1-5H3/t30-/m0/s1. The fourth-order valence-corrected chi connectivity index (χ4v) is 7.78. The Labute approximate surface area is 321 Å². The Morgan fingerprint density at radius 3 is 2.36 bits per heavy atom. The second-order valence-electron chi connectivity index (χ2n) is 13.9. The molecule has 12 heteroatoms. The Kier molecular flexibility index (Phi) is 12.6. The summed E-state index contributed by atoms with van der Waals surface area (Å²) in [5, 5.41) is 4.58. The van der Waals surface area contributed by atoms with E-state index in [1.807, 2.05) is 73.3 Å². The van der Waals surface area contributed by atoms with Gasteiger partial charge in [0, 0.05) is 85.3 Å². The zero-order valence-electron chi connectivity index (χ0n) is 31.0. The van der Waals surface area contributed by atoms with Gasteiger partial charge in [0.25, 0.3) is 0 Å². The number of methoxy groups -OCH3 is 2. The highest BCUT2D eigenvalue weighted by Crippen LogP contribution is 2.42. The summed E-state index contributed by atoms with van der Waals surface area (Å²) in [7, 11) is 3.27. The Bertz CT molecular complexity index is 1950. The third-order valence-electron chi connectivity index (χ3n) is 10.0. The van der Waals surface area contributed by atoms with Gasteiger partial charge in [0.2, 0.25) is 11.8 Å². The van der Waals surface area contributed by atoms with Gasteiger partial charge in [0.05, 0.1) is 47.7 Å². The predicted molar refractivity (Wildman–Crippen MR) is 208 cm³/mol. The maximum absolute atomic E-state index is 12.5. The summed E-state index contributed by atoms with van der Waals surface area (Å²) >= 11 is 14.2. The zero-order chi connectivity index (χ0) is 37.6. The lowest BCUT2D eigenvalue weighted by Gasteiger charge is -2.31. The molecule has 6 rings (SSSR count). The number of rotatable bonds is 12. The van der Waals surface area contributed by atoms with Crippen LogP contribution in [-0.2, 0) is 27.4 Å². The first-order chi connectivity index (χ1) is 25.6. The number of halogens is 2. The van der Waals surface area contributed by atoms with Crippen molar-refractivity contribution in [3.05, 3.63) is 82.0 Å². The molecule has 2 aliphatic rings. The molecule has 2 aromatic carbocycles. The fourth-order valence-electron chi connectivity index (χ4n) is 7.13. The third-order valence-corrected chi connectivity index (χ3v) is 10.8. The average molecular weight is 761 g/mol. The van der Waals surface area contributed by atoms with Gasteiger partial charge in [-0.25, -0.2) is 4.98 Å². The molecule has 280 valence electrons. The molecule has 53 heavy (non-hydrogen) atoms. The Morgan fingerprint density at radius 1 is 0.906 bits per heavy atom. The minimum Gasteiger partial charge on any atom is -0.496 e. The number of ether oxygens (including phenoxy) is 3. The first kappa shape index (κ1) is 38.5. The Hall–Kier alpha value is -4.22. The highest BCUT2D eigenvalue weighted by atomic mass is 35.5. The van der Waals surface area contributed by atoms with E-state index >= 15 is 0 Å². The molecule has 0 bridgehead atoms. The van der Waals surface area contributed by atoms with Crippen LogP contribution in [0.2, 0.25) is 10.0 Å². The first-order valence-corrected chi connectivity index (χ1v) is 18.9. The van der Waals surface area contributed by atoms with Gasteiger partial charge in [0.1, 0.15) is 5.75 Å². The van der Waals surface area contributed by atoms with Gasteiger partial charge in [-0.3, -0.25) is 19.5 Å². The molecule has 0 spiro atoms. The van der Waals surface area contributed by atoms with Crippen LogP contribution in [0.3, 0.4) is 0 Å². The topological polar surface area (TPSA) is 106 Å². The number of carbonyl (C=O) groups is 2. The zero-order valence-corrected chi connectivity index (χ0v) is 32.5. The van der Waals surface area contributed by atoms with E-state index in [0.29, 0.717) is 53.0 Å². The van der Waals surface area contributed by atoms with Crippen LogP contribution in [0.1, 0.15) is 51.2 Å². The molecule has 4 heterocycles. The fraction of sp³-hybridized carbons (Fsp3) is 0.415. The van der Waals surface area contributed by atoms with Crippen LogP contribution in [0.4, 0.5) is 0 Å². The normalized spacial score (nSPS) is 16.6. The molecule has 2 aliphatic heterocycles. The van der Waals surface area contributed by atoms with Crippen LogP contribution in [-0.4, -0.2) is 84.2 Å². The number of hydrogen-bond acceptors (Lipinski definition) is 9. The van der Waals surface area contributed by atoms with Gasteiger partial charge < -0.3 is 24.4 Å². The van der Waals surface area contributed by atoms with E-state index in [4.69, 9.17) is 42.4 Å². The molecule has 2 saturated heterocycles. The summed E-state index contributed by atoms with van der Waals surface area (Å²) in [5.74, 6) is 1.12. The highest BCUT2D eigenvalue weighted by molar-refractivity contribution is 6.39. The van der Waals surface area contributed by atoms with E-state index in [0.717, 1.165) is 78.0 Å². The summed E-state index contributed by atoms with van der Waals surface area (Å²) in [4.78, 5) is 37.8. The molecule has 0 unspecified atom stereocenters. The molecule has 0 aliphatic carbocycles. The molecular weight excluding hydrogens is 713 g/mol. The van der Waals surface area contributed by atoms with E-state index in [2.05, 4.69) is 15.2 Å². The number of amides is 1. The maximum Gasteiger partial charge on any atom is 0.310 e. The average Bonchev–Trinajstić information content (AvgIpc) is 3.63. The first-order valence-electron chi connectivity index (χ1n) is 18.1. The van der Waals surface area contributed by atoms with Crippen LogP contribution >= 0.6 is 23.2 Å². The van der Waals surface area contributed by atoms with Gasteiger partial charge >= 0.3 is 5.97 Å². The Morgan fingerprint density at radius 2 is 1.64 bits per heavy atom. The minimum atomic E-state index is -0.131. The SMILES string of the molecule is COc1cc(-c2nccc(-c3cccc(-c4ccc(CNC5CCN(C(C)=O)CC5)c(OC)n4)c3Cl)c2Cl)ccc1CN1CC[C@H](C(=O)OC(C)C)C1. The van der Waals surface area contributed by atoms with Crippen LogP contribution in [0.5, 0.6) is 11.6 Å². The highest BCUT2D eigenvalue weighted by Gasteiger charge is 2.30. The number of carbonyl (C=O) groups excluding carboxylic acids is 2. The van der Waals surface area contributed by atoms with Gasteiger partial charge in [-0.05, 0) is 57.9 Å². The van der Waals surface area contributed by atoms with Gasteiger partial charge in [-0.1, -0.05) is 59.6 Å². The molecule has 0 saturated carbocycles. The van der Waals surface area contributed by atoms with Crippen molar-refractivity contribution in [2.24, 2.45) is 5.92 Å². The van der Waals surface area contributed by atoms with E-state index in [-0.39, 0.29) is 23.9 Å². The molecule has 4 aromatic rings. The van der Waals surface area contributed by atoms with Crippen molar-refractivity contribution in [3.8, 4) is 45.3 Å². The number of likely N-dealkylation sites (tertiary alicyclic amines) is 2. The molecule has 0 radical (unpaired) electrons. The van der Waals surface area contributed by atoms with E-state index in [1.54, 1.807) is 27.3 Å². The minimum absolute atomic E-state index is 0.118. The summed E-state index contributed by atoms with van der Waals surface area (Å²) in [6.07, 6.45) is 4.20. The molecule has 2 fully saturated rings. The van der Waals surface area contributed by atoms with Crippen molar-refractivity contribution in [3.63, 3.8) is 0 Å². The lowest BCUT2D eigenvalue weighted by atomic mass is 9.99. The number of nitrogens with one attached hydrogen (secondary N) is 1. The van der Waals surface area contributed by atoms with Crippen molar-refractivity contribution in [2.75, 3.05) is 40.4 Å². The monoisotopic (exact) mass is 759 g/mol. The summed E-state index contributed by atoms with van der Waals surface area (Å²) in [6, 6.07) is 17.9. The lowest BCUT2D eigenvalue weighted by molar-refractivity contribution is -0.151. The van der Waals surface area contributed by atoms with E-state index < -0.39 is 0 Å². The second-order valence-corrected chi connectivity index (χ2v) is 14.7. The van der Waals surface area contributed by atoms with Gasteiger partial charge in [-0.15, -0.1) is 0 Å². The number of hydrogen-bond donors (Lipinski definition) is 1. The van der Waals surface area contributed by atoms with Crippen LogP contribution in [0, 0.1) is 5.92 Å². The second kappa shape index (κ2) is 17.3. The van der Waals surface area contributed by atoms with Gasteiger partial charge in [-0.2, -0.15) is 0 Å². The maximum atomic E-state index is 12.5. The third kappa shape index (κ3) is 8.95. The number of nitrogens with zero attached hydrogens (tertiary/aromatic N) is 4. The predicted octanol–water partition coefficient (Wildman–Crippen LogP) is 7.68. The van der Waals surface area contributed by atoms with Crippen molar-refractivity contribution >= 4 is 35.1 Å². The molecule has 1 atom stereocenters. The van der Waals surface area contributed by atoms with Crippen molar-refractivity contribution in [1.29, 1.82) is 0 Å². The summed E-state index contributed by atoms with van der Waals surface area (Å²) < 4.78 is 17.0.